The highest BCUT2D eigenvalue weighted by Crippen LogP contribution is 2.23. The minimum absolute atomic E-state index is 0.00562. The summed E-state index contributed by atoms with van der Waals surface area (Å²) in [6, 6.07) is 7.96. The van der Waals surface area contributed by atoms with Gasteiger partial charge in [0.2, 0.25) is 11.8 Å². The molecule has 0 saturated carbocycles. The van der Waals surface area contributed by atoms with Crippen LogP contribution >= 0.6 is 0 Å². The summed E-state index contributed by atoms with van der Waals surface area (Å²) in [6.07, 6.45) is 0.976. The van der Waals surface area contributed by atoms with Crippen molar-refractivity contribution >= 4 is 5.91 Å². The average Bonchev–Trinajstić information content (AvgIpc) is 3.04. The highest BCUT2D eigenvalue weighted by atomic mass is 16.5. The summed E-state index contributed by atoms with van der Waals surface area (Å²) < 4.78 is 5.27. The van der Waals surface area contributed by atoms with Gasteiger partial charge >= 0.3 is 0 Å². The van der Waals surface area contributed by atoms with Crippen molar-refractivity contribution in [1.29, 1.82) is 0 Å². The second kappa shape index (κ2) is 7.35. The van der Waals surface area contributed by atoms with Crippen LogP contribution in [0.25, 0.3) is 0 Å². The molecule has 25 heavy (non-hydrogen) atoms. The molecule has 1 aromatic carbocycles. The van der Waals surface area contributed by atoms with Crippen LogP contribution in [-0.2, 0) is 17.8 Å². The number of nitrogens with one attached hydrogen (secondary N) is 1. The number of carbonyl (C=O) groups is 1. The van der Waals surface area contributed by atoms with Crippen molar-refractivity contribution in [2.24, 2.45) is 5.92 Å². The molecule has 0 spiro atoms. The van der Waals surface area contributed by atoms with Gasteiger partial charge in [0.1, 0.15) is 6.04 Å². The third-order valence-corrected chi connectivity index (χ3v) is 4.86. The van der Waals surface area contributed by atoms with Crippen LogP contribution in [0.5, 0.6) is 0 Å². The van der Waals surface area contributed by atoms with Gasteiger partial charge in [-0.15, -0.1) is 0 Å². The number of carbonyl (C=O) groups excluding carboxylic acids is 1. The molecule has 134 valence electrons. The lowest BCUT2D eigenvalue weighted by Gasteiger charge is -2.33. The first-order valence-corrected chi connectivity index (χ1v) is 8.87. The first-order chi connectivity index (χ1) is 12.0. The van der Waals surface area contributed by atoms with Crippen molar-refractivity contribution in [3.05, 3.63) is 47.1 Å². The maximum absolute atomic E-state index is 12.8. The molecule has 6 heteroatoms. The van der Waals surface area contributed by atoms with Gasteiger partial charge in [0.15, 0.2) is 5.82 Å². The number of aromatic nitrogens is 2. The van der Waals surface area contributed by atoms with Crippen molar-refractivity contribution in [3.63, 3.8) is 0 Å². The van der Waals surface area contributed by atoms with Gasteiger partial charge in [-0.3, -0.25) is 9.69 Å². The Morgan fingerprint density at radius 2 is 1.96 bits per heavy atom. The Morgan fingerprint density at radius 1 is 1.24 bits per heavy atom. The number of hydrogen-bond acceptors (Lipinski definition) is 5. The molecule has 2 aromatic rings. The molecule has 6 nitrogen and oxygen atoms in total. The fraction of sp³-hybridized carbons (Fsp3) is 0.526. The molecule has 1 aliphatic rings. The van der Waals surface area contributed by atoms with E-state index in [2.05, 4.69) is 44.6 Å². The van der Waals surface area contributed by atoms with Crippen molar-refractivity contribution in [3.8, 4) is 0 Å². The number of benzene rings is 1. The molecule has 0 radical (unpaired) electrons. The maximum atomic E-state index is 12.8. The SMILES string of the molecule is Cc1noc([C@@H](NC(=O)[C@H](C)N2CCc3ccccc3C2)C(C)C)n1. The van der Waals surface area contributed by atoms with E-state index in [0.29, 0.717) is 11.7 Å². The first-order valence-electron chi connectivity index (χ1n) is 8.87. The molecule has 0 fully saturated rings. The van der Waals surface area contributed by atoms with Crippen molar-refractivity contribution < 1.29 is 9.32 Å². The molecule has 0 saturated heterocycles. The third kappa shape index (κ3) is 3.90. The summed E-state index contributed by atoms with van der Waals surface area (Å²) in [5, 5.41) is 6.93. The van der Waals surface area contributed by atoms with E-state index in [4.69, 9.17) is 4.52 Å². The largest absolute Gasteiger partial charge is 0.343 e. The average molecular weight is 342 g/mol. The van der Waals surface area contributed by atoms with E-state index in [0.717, 1.165) is 19.5 Å². The van der Waals surface area contributed by atoms with E-state index in [1.807, 2.05) is 20.8 Å². The summed E-state index contributed by atoms with van der Waals surface area (Å²) in [7, 11) is 0. The highest BCUT2D eigenvalue weighted by Gasteiger charge is 2.30. The zero-order valence-corrected chi connectivity index (χ0v) is 15.3. The van der Waals surface area contributed by atoms with Crippen molar-refractivity contribution in [2.45, 2.75) is 52.7 Å². The lowest BCUT2D eigenvalue weighted by molar-refractivity contribution is -0.127. The molecule has 0 bridgehead atoms. The van der Waals surface area contributed by atoms with Gasteiger partial charge < -0.3 is 9.84 Å². The second-order valence-corrected chi connectivity index (χ2v) is 7.08. The van der Waals surface area contributed by atoms with Crippen LogP contribution in [0.2, 0.25) is 0 Å². The third-order valence-electron chi connectivity index (χ3n) is 4.86. The van der Waals surface area contributed by atoms with E-state index in [-0.39, 0.29) is 23.9 Å². The molecule has 2 atom stereocenters. The number of nitrogens with zero attached hydrogens (tertiary/aromatic N) is 3. The summed E-state index contributed by atoms with van der Waals surface area (Å²) in [6.45, 7) is 9.49. The maximum Gasteiger partial charge on any atom is 0.249 e. The molecular formula is C19H26N4O2. The van der Waals surface area contributed by atoms with Crippen molar-refractivity contribution in [2.75, 3.05) is 6.54 Å². The Bertz CT molecular complexity index is 741. The van der Waals surface area contributed by atoms with Gasteiger partial charge in [-0.25, -0.2) is 0 Å². The Hall–Kier alpha value is -2.21. The van der Waals surface area contributed by atoms with Gasteiger partial charge in [-0.05, 0) is 37.3 Å². The molecule has 1 aromatic heterocycles. The van der Waals surface area contributed by atoms with Gasteiger partial charge in [-0.2, -0.15) is 4.98 Å². The molecule has 1 amide bonds. The highest BCUT2D eigenvalue weighted by molar-refractivity contribution is 5.81. The topological polar surface area (TPSA) is 71.3 Å². The molecular weight excluding hydrogens is 316 g/mol. The van der Waals surface area contributed by atoms with E-state index in [9.17, 15) is 4.79 Å². The summed E-state index contributed by atoms with van der Waals surface area (Å²) in [5.74, 6) is 1.21. The predicted octanol–water partition coefficient (Wildman–Crippen LogP) is 2.64. The summed E-state index contributed by atoms with van der Waals surface area (Å²) >= 11 is 0. The zero-order valence-electron chi connectivity index (χ0n) is 15.3. The summed E-state index contributed by atoms with van der Waals surface area (Å²) in [5.41, 5.74) is 2.69. The van der Waals surface area contributed by atoms with Crippen LogP contribution in [0, 0.1) is 12.8 Å². The molecule has 0 unspecified atom stereocenters. The molecule has 1 N–H and O–H groups in total. The van der Waals surface area contributed by atoms with E-state index < -0.39 is 0 Å². The summed E-state index contributed by atoms with van der Waals surface area (Å²) in [4.78, 5) is 19.3. The van der Waals surface area contributed by atoms with E-state index in [1.54, 1.807) is 6.92 Å². The van der Waals surface area contributed by atoms with Crippen molar-refractivity contribution in [1.82, 2.24) is 20.4 Å². The van der Waals surface area contributed by atoms with Crippen LogP contribution in [0.3, 0.4) is 0 Å². The van der Waals surface area contributed by atoms with Crippen LogP contribution in [0.4, 0.5) is 0 Å². The Labute approximate surface area is 148 Å². The molecule has 0 aliphatic carbocycles. The Balaban J connectivity index is 1.68. The monoisotopic (exact) mass is 342 g/mol. The molecule has 1 aliphatic heterocycles. The minimum Gasteiger partial charge on any atom is -0.343 e. The van der Waals surface area contributed by atoms with Crippen LogP contribution < -0.4 is 5.32 Å². The number of rotatable bonds is 5. The smallest absolute Gasteiger partial charge is 0.249 e. The normalized spacial score (nSPS) is 17.2. The van der Waals surface area contributed by atoms with E-state index >= 15 is 0 Å². The standard InChI is InChI=1S/C19H26N4O2/c1-12(2)17(19-20-14(4)22-25-19)21-18(24)13(3)23-10-9-15-7-5-6-8-16(15)11-23/h5-8,12-13,17H,9-11H2,1-4H3,(H,21,24)/t13-,17-/m0/s1. The lowest BCUT2D eigenvalue weighted by atomic mass is 9.98. The van der Waals surface area contributed by atoms with Gasteiger partial charge in [0.05, 0.1) is 6.04 Å². The van der Waals surface area contributed by atoms with Gasteiger partial charge in [-0.1, -0.05) is 43.3 Å². The van der Waals surface area contributed by atoms with E-state index in [1.165, 1.54) is 11.1 Å². The van der Waals surface area contributed by atoms with Crippen LogP contribution in [-0.4, -0.2) is 33.5 Å². The zero-order chi connectivity index (χ0) is 18.0. The van der Waals surface area contributed by atoms with Crippen LogP contribution in [0.1, 0.15) is 49.7 Å². The fourth-order valence-corrected chi connectivity index (χ4v) is 3.24. The Morgan fingerprint density at radius 3 is 2.60 bits per heavy atom. The molecule has 3 rings (SSSR count). The van der Waals surface area contributed by atoms with Gasteiger partial charge in [0, 0.05) is 13.1 Å². The Kier molecular flexibility index (Phi) is 5.18. The predicted molar refractivity (Wildman–Crippen MR) is 94.8 cm³/mol. The number of fused-ring (bicyclic) bond motifs is 1. The first kappa shape index (κ1) is 17.6. The lowest BCUT2D eigenvalue weighted by Crippen LogP contribution is -2.48. The number of aryl methyl sites for hydroxylation is 1. The number of hydrogen-bond donors (Lipinski definition) is 1. The number of amides is 1. The molecule has 2 heterocycles. The van der Waals surface area contributed by atoms with Crippen LogP contribution in [0.15, 0.2) is 28.8 Å². The minimum atomic E-state index is -0.270. The van der Waals surface area contributed by atoms with Gasteiger partial charge in [0.25, 0.3) is 0 Å². The fourth-order valence-electron chi connectivity index (χ4n) is 3.24. The second-order valence-electron chi connectivity index (χ2n) is 7.08. The quantitative estimate of drug-likeness (QED) is 0.904.